The molecule has 1 saturated carbocycles. The average Bonchev–Trinajstić information content (AvgIpc) is 2.59. The smallest absolute Gasteiger partial charge is 0.262 e. The molecule has 1 amide bonds. The number of nitrogens with one attached hydrogen (secondary N) is 1. The van der Waals surface area contributed by atoms with E-state index in [4.69, 9.17) is 10.00 Å². The van der Waals surface area contributed by atoms with Crippen molar-refractivity contribution < 1.29 is 9.53 Å². The van der Waals surface area contributed by atoms with Gasteiger partial charge in [-0.25, -0.2) is 0 Å². The number of nitrogens with zero attached hydrogens (tertiary/aromatic N) is 2. The molecule has 0 aromatic heterocycles. The van der Waals surface area contributed by atoms with Crippen LogP contribution in [0.25, 0.3) is 6.08 Å². The zero-order valence-corrected chi connectivity index (χ0v) is 12.9. The summed E-state index contributed by atoms with van der Waals surface area (Å²) in [6.45, 7) is -0.0115. The second-order valence-corrected chi connectivity index (χ2v) is 5.49. The number of carbonyl (C=O) groups excluding carboxylic acids is 1. The van der Waals surface area contributed by atoms with E-state index < -0.39 is 0 Å². The van der Waals surface area contributed by atoms with Gasteiger partial charge in [-0.2, -0.15) is 10.5 Å². The first-order chi connectivity index (χ1) is 11.2. The molecular weight excluding hydrogens is 290 g/mol. The van der Waals surface area contributed by atoms with E-state index in [0.29, 0.717) is 5.75 Å². The van der Waals surface area contributed by atoms with Crippen LogP contribution >= 0.6 is 0 Å². The average molecular weight is 309 g/mol. The minimum Gasteiger partial charge on any atom is -0.479 e. The van der Waals surface area contributed by atoms with Crippen LogP contribution in [-0.4, -0.2) is 18.6 Å². The highest BCUT2D eigenvalue weighted by Crippen LogP contribution is 2.18. The van der Waals surface area contributed by atoms with Crippen LogP contribution in [0.5, 0.6) is 5.75 Å². The first-order valence-corrected chi connectivity index (χ1v) is 7.75. The quantitative estimate of drug-likeness (QED) is 0.669. The molecule has 5 nitrogen and oxygen atoms in total. The van der Waals surface area contributed by atoms with Crippen molar-refractivity contribution in [2.24, 2.45) is 0 Å². The summed E-state index contributed by atoms with van der Waals surface area (Å²) >= 11 is 0. The first kappa shape index (κ1) is 16.6. The van der Waals surface area contributed by atoms with Crippen LogP contribution in [0, 0.1) is 22.7 Å². The van der Waals surface area contributed by atoms with Crippen molar-refractivity contribution in [1.82, 2.24) is 5.32 Å². The third kappa shape index (κ3) is 5.16. The van der Waals surface area contributed by atoms with Crippen LogP contribution in [0.3, 0.4) is 0 Å². The minimum atomic E-state index is -0.316. The number of hydrogen-bond donors (Lipinski definition) is 1. The van der Waals surface area contributed by atoms with E-state index in [-0.39, 0.29) is 24.1 Å². The second-order valence-electron chi connectivity index (χ2n) is 5.49. The fraction of sp³-hybridized carbons (Fsp3) is 0.389. The lowest BCUT2D eigenvalue weighted by Crippen LogP contribution is -2.36. The topological polar surface area (TPSA) is 85.9 Å². The maximum atomic E-state index is 12.2. The minimum absolute atomic E-state index is 0.0115. The monoisotopic (exact) mass is 309 g/mol. The summed E-state index contributed by atoms with van der Waals surface area (Å²) in [6, 6.07) is 10.9. The number of nitriles is 2. The van der Waals surface area contributed by atoms with Crippen LogP contribution in [0.1, 0.15) is 37.7 Å². The van der Waals surface area contributed by atoms with Crippen molar-refractivity contribution in [3.63, 3.8) is 0 Å². The molecule has 0 saturated heterocycles. The zero-order valence-electron chi connectivity index (χ0n) is 12.9. The number of benzene rings is 1. The van der Waals surface area contributed by atoms with Crippen LogP contribution < -0.4 is 10.1 Å². The van der Waals surface area contributed by atoms with Crippen molar-refractivity contribution in [2.45, 2.75) is 38.1 Å². The van der Waals surface area contributed by atoms with Gasteiger partial charge in [0.25, 0.3) is 5.91 Å². The summed E-state index contributed by atoms with van der Waals surface area (Å²) in [5.41, 5.74) is 0.839. The third-order valence-electron chi connectivity index (χ3n) is 3.80. The lowest BCUT2D eigenvalue weighted by molar-refractivity contribution is -0.117. The molecule has 0 unspecified atom stereocenters. The summed E-state index contributed by atoms with van der Waals surface area (Å²) in [7, 11) is 0. The normalized spacial score (nSPS) is 15.3. The SMILES string of the molecule is N#CCOc1ccc(/C=C(\C#N)C(=O)NC2CCCCC2)cc1. The van der Waals surface area contributed by atoms with Crippen molar-refractivity contribution in [3.05, 3.63) is 35.4 Å². The Morgan fingerprint density at radius 2 is 1.91 bits per heavy atom. The lowest BCUT2D eigenvalue weighted by atomic mass is 9.95. The molecule has 1 aliphatic rings. The first-order valence-electron chi connectivity index (χ1n) is 7.75. The Bertz CT molecular complexity index is 644. The Kier molecular flexibility index (Phi) is 6.20. The van der Waals surface area contributed by atoms with E-state index in [1.165, 1.54) is 6.42 Å². The van der Waals surface area contributed by atoms with E-state index in [1.807, 2.05) is 12.1 Å². The van der Waals surface area contributed by atoms with Crippen LogP contribution in [-0.2, 0) is 4.79 Å². The highest BCUT2D eigenvalue weighted by atomic mass is 16.5. The third-order valence-corrected chi connectivity index (χ3v) is 3.80. The molecule has 0 atom stereocenters. The summed E-state index contributed by atoms with van der Waals surface area (Å²) in [6.07, 6.45) is 6.99. The van der Waals surface area contributed by atoms with E-state index >= 15 is 0 Å². The molecule has 1 aliphatic carbocycles. The van der Waals surface area contributed by atoms with Gasteiger partial charge >= 0.3 is 0 Å². The van der Waals surface area contributed by atoms with Crippen molar-refractivity contribution >= 4 is 12.0 Å². The number of carbonyl (C=O) groups is 1. The molecule has 2 rings (SSSR count). The van der Waals surface area contributed by atoms with Gasteiger partial charge in [0.1, 0.15) is 23.5 Å². The second kappa shape index (κ2) is 8.60. The molecule has 5 heteroatoms. The molecule has 0 spiro atoms. The molecule has 0 aliphatic heterocycles. The Hall–Kier alpha value is -2.79. The molecule has 0 radical (unpaired) electrons. The molecule has 0 bridgehead atoms. The summed E-state index contributed by atoms with van der Waals surface area (Å²) in [5, 5.41) is 20.6. The largest absolute Gasteiger partial charge is 0.479 e. The predicted molar refractivity (Wildman–Crippen MR) is 86.2 cm³/mol. The fourth-order valence-corrected chi connectivity index (χ4v) is 2.60. The molecule has 118 valence electrons. The van der Waals surface area contributed by atoms with Gasteiger partial charge in [-0.05, 0) is 36.6 Å². The Balaban J connectivity index is 2.01. The predicted octanol–water partition coefficient (Wildman–Crippen LogP) is 2.94. The van der Waals surface area contributed by atoms with E-state index in [1.54, 1.807) is 30.3 Å². The number of rotatable bonds is 5. The molecular formula is C18H19N3O2. The van der Waals surface area contributed by atoms with Crippen molar-refractivity contribution in [2.75, 3.05) is 6.61 Å². The van der Waals surface area contributed by atoms with Gasteiger partial charge < -0.3 is 10.1 Å². The fourth-order valence-electron chi connectivity index (χ4n) is 2.60. The van der Waals surface area contributed by atoms with Crippen LogP contribution in [0.4, 0.5) is 0 Å². The highest BCUT2D eigenvalue weighted by molar-refractivity contribution is 6.01. The van der Waals surface area contributed by atoms with E-state index in [0.717, 1.165) is 31.2 Å². The summed E-state index contributed by atoms with van der Waals surface area (Å²) < 4.78 is 5.16. The van der Waals surface area contributed by atoms with Gasteiger partial charge in [0.15, 0.2) is 6.61 Å². The number of ether oxygens (including phenoxy) is 1. The molecule has 0 heterocycles. The molecule has 1 fully saturated rings. The van der Waals surface area contributed by atoms with Gasteiger partial charge in [-0.3, -0.25) is 4.79 Å². The molecule has 1 aromatic carbocycles. The standard InChI is InChI=1S/C18H19N3O2/c19-10-11-23-17-8-6-14(7-9-17)12-15(13-20)18(22)21-16-4-2-1-3-5-16/h6-9,12,16H,1-5,11H2,(H,21,22)/b15-12+. The van der Waals surface area contributed by atoms with E-state index in [9.17, 15) is 10.1 Å². The Morgan fingerprint density at radius 1 is 1.22 bits per heavy atom. The molecule has 23 heavy (non-hydrogen) atoms. The zero-order chi connectivity index (χ0) is 16.5. The van der Waals surface area contributed by atoms with Gasteiger partial charge in [-0.1, -0.05) is 31.4 Å². The van der Waals surface area contributed by atoms with Crippen LogP contribution in [0.2, 0.25) is 0 Å². The number of amides is 1. The van der Waals surface area contributed by atoms with Gasteiger partial charge in [0.05, 0.1) is 0 Å². The highest BCUT2D eigenvalue weighted by Gasteiger charge is 2.17. The maximum Gasteiger partial charge on any atom is 0.262 e. The number of hydrogen-bond acceptors (Lipinski definition) is 4. The van der Waals surface area contributed by atoms with Gasteiger partial charge in [-0.15, -0.1) is 0 Å². The summed E-state index contributed by atoms with van der Waals surface area (Å²) in [4.78, 5) is 12.2. The Labute approximate surface area is 136 Å². The lowest BCUT2D eigenvalue weighted by Gasteiger charge is -2.22. The van der Waals surface area contributed by atoms with Gasteiger partial charge in [0, 0.05) is 6.04 Å². The van der Waals surface area contributed by atoms with Crippen molar-refractivity contribution in [3.8, 4) is 17.9 Å². The van der Waals surface area contributed by atoms with Crippen LogP contribution in [0.15, 0.2) is 29.8 Å². The van der Waals surface area contributed by atoms with Gasteiger partial charge in [0.2, 0.25) is 0 Å². The maximum absolute atomic E-state index is 12.2. The summed E-state index contributed by atoms with van der Waals surface area (Å²) in [5.74, 6) is 0.262. The van der Waals surface area contributed by atoms with E-state index in [2.05, 4.69) is 5.32 Å². The molecule has 1 N–H and O–H groups in total. The van der Waals surface area contributed by atoms with Crippen molar-refractivity contribution in [1.29, 1.82) is 10.5 Å². The Morgan fingerprint density at radius 3 is 2.52 bits per heavy atom. The molecule has 1 aromatic rings.